The lowest BCUT2D eigenvalue weighted by Crippen LogP contribution is -2.39. The fraction of sp³-hybridized carbons (Fsp3) is 0.667. The molecule has 0 aromatic carbocycles. The van der Waals surface area contributed by atoms with Gasteiger partial charge in [0.05, 0.1) is 12.5 Å². The molecule has 1 heterocycles. The normalized spacial score (nSPS) is 19.2. The summed E-state index contributed by atoms with van der Waals surface area (Å²) in [5, 5.41) is 3.52. The molecule has 0 aliphatic heterocycles. The highest BCUT2D eigenvalue weighted by Crippen LogP contribution is 2.43. The van der Waals surface area contributed by atoms with Gasteiger partial charge in [-0.2, -0.15) is 0 Å². The molecule has 14 heavy (non-hydrogen) atoms. The Balaban J connectivity index is 1.72. The Morgan fingerprint density at radius 1 is 1.50 bits per heavy atom. The molecule has 2 nitrogen and oxygen atoms in total. The topological polar surface area (TPSA) is 25.2 Å². The molecule has 1 aliphatic rings. The van der Waals surface area contributed by atoms with Gasteiger partial charge in [0.15, 0.2) is 0 Å². The summed E-state index contributed by atoms with van der Waals surface area (Å²) in [5.74, 6) is 0. The highest BCUT2D eigenvalue weighted by molar-refractivity contribution is 5.04. The summed E-state index contributed by atoms with van der Waals surface area (Å²) in [6.07, 6.45) is 9.08. The molecule has 1 aromatic heterocycles. The van der Waals surface area contributed by atoms with E-state index in [0.29, 0.717) is 5.41 Å². The number of hydrogen-bond acceptors (Lipinski definition) is 2. The van der Waals surface area contributed by atoms with E-state index in [1.165, 1.54) is 31.2 Å². The molecular weight excluding hydrogens is 174 g/mol. The van der Waals surface area contributed by atoms with E-state index in [9.17, 15) is 0 Å². The van der Waals surface area contributed by atoms with Crippen molar-refractivity contribution in [3.8, 4) is 0 Å². The molecule has 0 atom stereocenters. The van der Waals surface area contributed by atoms with Crippen molar-refractivity contribution < 1.29 is 4.42 Å². The first kappa shape index (κ1) is 9.78. The van der Waals surface area contributed by atoms with Crippen molar-refractivity contribution >= 4 is 0 Å². The lowest BCUT2D eigenvalue weighted by atomic mass is 9.67. The maximum atomic E-state index is 5.02. The smallest absolute Gasteiger partial charge is 0.0947 e. The van der Waals surface area contributed by atoms with Gasteiger partial charge >= 0.3 is 0 Å². The third-order valence-corrected chi connectivity index (χ3v) is 3.57. The first-order valence-corrected chi connectivity index (χ1v) is 5.56. The molecule has 1 aromatic rings. The van der Waals surface area contributed by atoms with Crippen molar-refractivity contribution in [2.24, 2.45) is 5.41 Å². The molecule has 0 radical (unpaired) electrons. The van der Waals surface area contributed by atoms with E-state index in [0.717, 1.165) is 13.1 Å². The van der Waals surface area contributed by atoms with E-state index in [-0.39, 0.29) is 0 Å². The van der Waals surface area contributed by atoms with Crippen molar-refractivity contribution in [1.29, 1.82) is 0 Å². The van der Waals surface area contributed by atoms with Crippen LogP contribution < -0.4 is 5.32 Å². The Kier molecular flexibility index (Phi) is 2.92. The zero-order valence-electron chi connectivity index (χ0n) is 8.88. The molecule has 0 saturated heterocycles. The summed E-state index contributed by atoms with van der Waals surface area (Å²) in [7, 11) is 0. The molecule has 1 aliphatic carbocycles. The second-order valence-corrected chi connectivity index (χ2v) is 4.44. The molecule has 0 bridgehead atoms. The Morgan fingerprint density at radius 2 is 2.36 bits per heavy atom. The van der Waals surface area contributed by atoms with Gasteiger partial charge in [-0.15, -0.1) is 0 Å². The van der Waals surface area contributed by atoms with Crippen LogP contribution in [0.3, 0.4) is 0 Å². The number of rotatable bonds is 5. The molecule has 1 N–H and O–H groups in total. The van der Waals surface area contributed by atoms with E-state index in [2.05, 4.69) is 12.2 Å². The van der Waals surface area contributed by atoms with E-state index >= 15 is 0 Å². The lowest BCUT2D eigenvalue weighted by Gasteiger charge is -2.41. The molecule has 0 amide bonds. The van der Waals surface area contributed by atoms with Crippen molar-refractivity contribution in [1.82, 2.24) is 5.32 Å². The maximum absolute atomic E-state index is 5.02. The van der Waals surface area contributed by atoms with Gasteiger partial charge in [0, 0.05) is 18.7 Å². The minimum atomic E-state index is 0.615. The van der Waals surface area contributed by atoms with Crippen LogP contribution in [0.2, 0.25) is 0 Å². The molecule has 2 heteroatoms. The van der Waals surface area contributed by atoms with Crippen LogP contribution in [-0.2, 0) is 6.54 Å². The molecule has 1 saturated carbocycles. The van der Waals surface area contributed by atoms with E-state index in [1.807, 2.05) is 12.3 Å². The standard InChI is InChI=1S/C12H19NO/c1-2-12(5-3-6-12)10-13-8-11-4-7-14-9-11/h4,7,9,13H,2-3,5-6,8,10H2,1H3. The molecule has 2 rings (SSSR count). The van der Waals surface area contributed by atoms with Gasteiger partial charge in [-0.1, -0.05) is 13.3 Å². The van der Waals surface area contributed by atoms with Gasteiger partial charge in [0.1, 0.15) is 0 Å². The number of nitrogens with one attached hydrogen (secondary N) is 1. The largest absolute Gasteiger partial charge is 0.472 e. The molecular formula is C12H19NO. The fourth-order valence-corrected chi connectivity index (χ4v) is 2.20. The maximum Gasteiger partial charge on any atom is 0.0947 e. The molecule has 0 spiro atoms. The van der Waals surface area contributed by atoms with Crippen molar-refractivity contribution in [3.05, 3.63) is 24.2 Å². The second-order valence-electron chi connectivity index (χ2n) is 4.44. The number of hydrogen-bond donors (Lipinski definition) is 1. The summed E-state index contributed by atoms with van der Waals surface area (Å²) >= 11 is 0. The quantitative estimate of drug-likeness (QED) is 0.777. The summed E-state index contributed by atoms with van der Waals surface area (Å²) in [4.78, 5) is 0. The Morgan fingerprint density at radius 3 is 2.86 bits per heavy atom. The van der Waals surface area contributed by atoms with E-state index in [1.54, 1.807) is 6.26 Å². The molecule has 1 fully saturated rings. The third kappa shape index (κ3) is 2.01. The van der Waals surface area contributed by atoms with Gasteiger partial charge in [-0.25, -0.2) is 0 Å². The van der Waals surface area contributed by atoms with Crippen LogP contribution in [0, 0.1) is 5.41 Å². The van der Waals surface area contributed by atoms with Crippen LogP contribution in [-0.4, -0.2) is 6.54 Å². The lowest BCUT2D eigenvalue weighted by molar-refractivity contribution is 0.124. The Bertz CT molecular complexity index is 256. The number of furan rings is 1. The van der Waals surface area contributed by atoms with E-state index < -0.39 is 0 Å². The highest BCUT2D eigenvalue weighted by Gasteiger charge is 2.34. The SMILES string of the molecule is CCC1(CNCc2ccoc2)CCC1. The zero-order valence-corrected chi connectivity index (χ0v) is 8.88. The van der Waals surface area contributed by atoms with Crippen molar-refractivity contribution in [2.45, 2.75) is 39.2 Å². The average Bonchev–Trinajstić information content (AvgIpc) is 2.62. The van der Waals surface area contributed by atoms with Crippen LogP contribution in [0.5, 0.6) is 0 Å². The third-order valence-electron chi connectivity index (χ3n) is 3.57. The van der Waals surface area contributed by atoms with Gasteiger partial charge in [-0.3, -0.25) is 0 Å². The predicted octanol–water partition coefficient (Wildman–Crippen LogP) is 2.95. The van der Waals surface area contributed by atoms with Crippen molar-refractivity contribution in [3.63, 3.8) is 0 Å². The predicted molar refractivity (Wildman–Crippen MR) is 57.0 cm³/mol. The van der Waals surface area contributed by atoms with E-state index in [4.69, 9.17) is 4.42 Å². The van der Waals surface area contributed by atoms with Crippen molar-refractivity contribution in [2.75, 3.05) is 6.54 Å². The van der Waals surface area contributed by atoms with Gasteiger partial charge in [0.25, 0.3) is 0 Å². The summed E-state index contributed by atoms with van der Waals surface area (Å²) in [5.41, 5.74) is 1.86. The first-order valence-electron chi connectivity index (χ1n) is 5.56. The van der Waals surface area contributed by atoms with Gasteiger partial charge < -0.3 is 9.73 Å². The summed E-state index contributed by atoms with van der Waals surface area (Å²) in [6, 6.07) is 2.02. The summed E-state index contributed by atoms with van der Waals surface area (Å²) in [6.45, 7) is 4.41. The summed E-state index contributed by atoms with van der Waals surface area (Å²) < 4.78 is 5.02. The Labute approximate surface area is 85.7 Å². The van der Waals surface area contributed by atoms with Crippen LogP contribution >= 0.6 is 0 Å². The average molecular weight is 193 g/mol. The van der Waals surface area contributed by atoms with Crippen LogP contribution in [0.4, 0.5) is 0 Å². The Hall–Kier alpha value is -0.760. The fourth-order valence-electron chi connectivity index (χ4n) is 2.20. The highest BCUT2D eigenvalue weighted by atomic mass is 16.3. The van der Waals surface area contributed by atoms with Crippen LogP contribution in [0.25, 0.3) is 0 Å². The first-order chi connectivity index (χ1) is 6.85. The minimum absolute atomic E-state index is 0.615. The monoisotopic (exact) mass is 193 g/mol. The molecule has 0 unspecified atom stereocenters. The second kappa shape index (κ2) is 4.18. The minimum Gasteiger partial charge on any atom is -0.472 e. The zero-order chi connectivity index (χ0) is 9.86. The van der Waals surface area contributed by atoms with Gasteiger partial charge in [0.2, 0.25) is 0 Å². The van der Waals surface area contributed by atoms with Crippen LogP contribution in [0.15, 0.2) is 23.0 Å². The molecule has 78 valence electrons. The van der Waals surface area contributed by atoms with Gasteiger partial charge in [-0.05, 0) is 30.7 Å². The van der Waals surface area contributed by atoms with Crippen LogP contribution in [0.1, 0.15) is 38.2 Å².